The van der Waals surface area contributed by atoms with E-state index in [9.17, 15) is 36.0 Å². The number of hydrogen-bond acceptors (Lipinski definition) is 3. The van der Waals surface area contributed by atoms with Crippen LogP contribution < -0.4 is 0 Å². The van der Waals surface area contributed by atoms with Crippen molar-refractivity contribution in [3.8, 4) is 11.8 Å². The minimum atomic E-state index is -4.81. The molecule has 0 aliphatic carbocycles. The number of aliphatic imine (C=N–C) groups is 1. The number of rotatable bonds is 5. The van der Waals surface area contributed by atoms with E-state index in [0.29, 0.717) is 16.8 Å². The maximum atomic E-state index is 13.4. The fourth-order valence-electron chi connectivity index (χ4n) is 2.40. The number of benzene rings is 1. The number of nitriles is 1. The minimum Gasteiger partial charge on any atom is -0.369 e. The van der Waals surface area contributed by atoms with Gasteiger partial charge in [-0.1, -0.05) is 23.2 Å². The van der Waals surface area contributed by atoms with E-state index in [1.807, 2.05) is 0 Å². The van der Waals surface area contributed by atoms with Crippen molar-refractivity contribution in [2.75, 3.05) is 14.1 Å². The van der Waals surface area contributed by atoms with Crippen LogP contribution in [0.3, 0.4) is 0 Å². The first kappa shape index (κ1) is 24.5. The van der Waals surface area contributed by atoms with Crippen molar-refractivity contribution >= 4 is 40.9 Å². The van der Waals surface area contributed by atoms with Gasteiger partial charge in [0.25, 0.3) is 12.5 Å². The monoisotopic (exact) mass is 487 g/mol. The molecule has 0 fully saturated rings. The number of alkyl halides is 5. The number of allylic oxidation sites excluding steroid dienone is 1. The molecule has 0 N–H and O–H groups in total. The third-order valence-corrected chi connectivity index (χ3v) is 4.20. The average molecular weight is 488 g/mol. The van der Waals surface area contributed by atoms with Gasteiger partial charge in [0.15, 0.2) is 11.5 Å². The number of hydrogen-bond donors (Lipinski definition) is 0. The van der Waals surface area contributed by atoms with Crippen molar-refractivity contribution in [2.45, 2.75) is 12.6 Å². The Morgan fingerprint density at radius 3 is 2.16 bits per heavy atom. The van der Waals surface area contributed by atoms with Gasteiger partial charge in [0.05, 0.1) is 33.1 Å². The smallest absolute Gasteiger partial charge is 0.369 e. The molecule has 2 rings (SSSR count). The first-order valence-electron chi connectivity index (χ1n) is 7.93. The first-order chi connectivity index (χ1) is 14.3. The predicted octanol–water partition coefficient (Wildman–Crippen LogP) is 6.16. The molecular formula is C17H10Cl2F7N5. The standard InChI is InChI=1S/C17H10Cl2F7N5/c1-30(2)6-28-16-11(12(14(20)21)15(22)23)10(5-27)29-31(16)13-8(18)3-7(4-9(13)19)17(24,25)26/h3-4,6,14H,1-2H3/b28-6-. The summed E-state index contributed by atoms with van der Waals surface area (Å²) in [4.78, 5) is 5.11. The average Bonchev–Trinajstić information content (AvgIpc) is 2.96. The SMILES string of the molecule is CN(C)/C=N\c1c(C(=C(F)F)C(F)F)c(C#N)nn1-c1c(Cl)cc(C(F)(F)F)cc1Cl. The highest BCUT2D eigenvalue weighted by Crippen LogP contribution is 2.42. The maximum Gasteiger partial charge on any atom is 0.416 e. The van der Waals surface area contributed by atoms with Gasteiger partial charge >= 0.3 is 6.18 Å². The third kappa shape index (κ3) is 5.11. The fraction of sp³-hybridized carbons (Fsp3) is 0.235. The Balaban J connectivity index is 2.97. The zero-order valence-electron chi connectivity index (χ0n) is 15.4. The number of halogens is 9. The fourth-order valence-corrected chi connectivity index (χ4v) is 3.05. The Morgan fingerprint density at radius 1 is 1.23 bits per heavy atom. The summed E-state index contributed by atoms with van der Waals surface area (Å²) >= 11 is 11.8. The summed E-state index contributed by atoms with van der Waals surface area (Å²) in [6.45, 7) is 0. The molecule has 0 radical (unpaired) electrons. The van der Waals surface area contributed by atoms with E-state index in [2.05, 4.69) is 10.1 Å². The quantitative estimate of drug-likeness (QED) is 0.288. The Bertz CT molecular complexity index is 1070. The van der Waals surface area contributed by atoms with Crippen LogP contribution in [-0.2, 0) is 6.18 Å². The van der Waals surface area contributed by atoms with Gasteiger partial charge in [0.2, 0.25) is 0 Å². The van der Waals surface area contributed by atoms with Crippen LogP contribution in [0, 0.1) is 11.3 Å². The van der Waals surface area contributed by atoms with Crippen LogP contribution in [0.25, 0.3) is 11.3 Å². The molecule has 0 unspecified atom stereocenters. The highest BCUT2D eigenvalue weighted by atomic mass is 35.5. The van der Waals surface area contributed by atoms with Crippen LogP contribution >= 0.6 is 23.2 Å². The van der Waals surface area contributed by atoms with Gasteiger partial charge in [-0.15, -0.1) is 0 Å². The van der Waals surface area contributed by atoms with Crippen molar-refractivity contribution in [1.82, 2.24) is 14.7 Å². The summed E-state index contributed by atoms with van der Waals surface area (Å²) in [6.07, 6.45) is -10.3. The largest absolute Gasteiger partial charge is 0.416 e. The summed E-state index contributed by atoms with van der Waals surface area (Å²) in [5.41, 5.74) is -5.41. The molecular weight excluding hydrogens is 478 g/mol. The molecule has 14 heteroatoms. The third-order valence-electron chi connectivity index (χ3n) is 3.63. The van der Waals surface area contributed by atoms with E-state index in [1.165, 1.54) is 25.1 Å². The molecule has 0 amide bonds. The topological polar surface area (TPSA) is 57.2 Å². The van der Waals surface area contributed by atoms with E-state index in [4.69, 9.17) is 23.2 Å². The highest BCUT2D eigenvalue weighted by Gasteiger charge is 2.34. The van der Waals surface area contributed by atoms with Gasteiger partial charge < -0.3 is 4.90 Å². The summed E-state index contributed by atoms with van der Waals surface area (Å²) < 4.78 is 92.9. The highest BCUT2D eigenvalue weighted by molar-refractivity contribution is 6.38. The summed E-state index contributed by atoms with van der Waals surface area (Å²) in [6, 6.07) is 2.35. The molecule has 2 aromatic rings. The van der Waals surface area contributed by atoms with Gasteiger partial charge in [-0.2, -0.15) is 32.3 Å². The molecule has 1 heterocycles. The lowest BCUT2D eigenvalue weighted by molar-refractivity contribution is -0.137. The van der Waals surface area contributed by atoms with E-state index >= 15 is 0 Å². The molecule has 5 nitrogen and oxygen atoms in total. The summed E-state index contributed by atoms with van der Waals surface area (Å²) in [5.74, 6) is -0.711. The maximum absolute atomic E-state index is 13.4. The Morgan fingerprint density at radius 2 is 1.77 bits per heavy atom. The summed E-state index contributed by atoms with van der Waals surface area (Å²) in [5, 5.41) is 11.6. The predicted molar refractivity (Wildman–Crippen MR) is 100 cm³/mol. The Labute approximate surface area is 180 Å². The molecule has 0 aliphatic heterocycles. The second-order valence-electron chi connectivity index (χ2n) is 6.04. The Kier molecular flexibility index (Phi) is 7.23. The van der Waals surface area contributed by atoms with Crippen molar-refractivity contribution in [3.05, 3.63) is 45.1 Å². The van der Waals surface area contributed by atoms with Gasteiger partial charge in [-0.3, -0.25) is 0 Å². The molecule has 0 spiro atoms. The molecule has 0 atom stereocenters. The molecule has 0 bridgehead atoms. The van der Waals surface area contributed by atoms with Crippen molar-refractivity contribution in [1.29, 1.82) is 5.26 Å². The lowest BCUT2D eigenvalue weighted by Crippen LogP contribution is -2.09. The van der Waals surface area contributed by atoms with Crippen LogP contribution in [0.1, 0.15) is 16.8 Å². The molecule has 1 aromatic carbocycles. The van der Waals surface area contributed by atoms with Crippen molar-refractivity contribution in [3.63, 3.8) is 0 Å². The van der Waals surface area contributed by atoms with Gasteiger partial charge in [0, 0.05) is 14.1 Å². The van der Waals surface area contributed by atoms with Gasteiger partial charge in [0.1, 0.15) is 11.8 Å². The van der Waals surface area contributed by atoms with Crippen LogP contribution in [0.15, 0.2) is 23.2 Å². The van der Waals surface area contributed by atoms with Gasteiger partial charge in [-0.25, -0.2) is 18.5 Å². The second-order valence-corrected chi connectivity index (χ2v) is 6.85. The lowest BCUT2D eigenvalue weighted by atomic mass is 10.1. The molecule has 0 aliphatic rings. The second kappa shape index (κ2) is 9.15. The lowest BCUT2D eigenvalue weighted by Gasteiger charge is -2.14. The van der Waals surface area contributed by atoms with E-state index in [1.54, 1.807) is 0 Å². The molecule has 1 aromatic heterocycles. The number of nitrogens with zero attached hydrogens (tertiary/aromatic N) is 5. The normalized spacial score (nSPS) is 11.8. The summed E-state index contributed by atoms with van der Waals surface area (Å²) in [7, 11) is 2.93. The van der Waals surface area contributed by atoms with E-state index in [-0.39, 0.29) is 0 Å². The molecule has 166 valence electrons. The number of aromatic nitrogens is 2. The van der Waals surface area contributed by atoms with E-state index in [0.717, 1.165) is 6.34 Å². The zero-order valence-corrected chi connectivity index (χ0v) is 17.0. The first-order valence-corrected chi connectivity index (χ1v) is 8.69. The van der Waals surface area contributed by atoms with Gasteiger partial charge in [-0.05, 0) is 12.1 Å². The molecule has 0 saturated heterocycles. The molecule has 0 saturated carbocycles. The van der Waals surface area contributed by atoms with Crippen LogP contribution in [0.5, 0.6) is 0 Å². The minimum absolute atomic E-state index is 0.474. The van der Waals surface area contributed by atoms with E-state index < -0.39 is 62.6 Å². The van der Waals surface area contributed by atoms with Crippen molar-refractivity contribution in [2.24, 2.45) is 4.99 Å². The van der Waals surface area contributed by atoms with Crippen LogP contribution in [0.4, 0.5) is 36.6 Å². The molecule has 31 heavy (non-hydrogen) atoms. The van der Waals surface area contributed by atoms with Crippen LogP contribution in [-0.4, -0.2) is 41.5 Å². The van der Waals surface area contributed by atoms with Crippen LogP contribution in [0.2, 0.25) is 10.0 Å². The Hall–Kier alpha value is -2.78. The zero-order chi connectivity index (χ0) is 23.7. The van der Waals surface area contributed by atoms with Crippen molar-refractivity contribution < 1.29 is 30.7 Å².